The smallest absolute Gasteiger partial charge is 0.00803 e. The SMILES string of the molecule is CNC1CCSSCC1. The van der Waals surface area contributed by atoms with Crippen LogP contribution in [-0.4, -0.2) is 24.6 Å². The van der Waals surface area contributed by atoms with Crippen LogP contribution in [0, 0.1) is 0 Å². The van der Waals surface area contributed by atoms with Crippen molar-refractivity contribution in [3.05, 3.63) is 0 Å². The highest BCUT2D eigenvalue weighted by Gasteiger charge is 2.08. The molecule has 9 heavy (non-hydrogen) atoms. The molecule has 1 N–H and O–H groups in total. The van der Waals surface area contributed by atoms with Gasteiger partial charge in [-0.05, 0) is 19.9 Å². The second kappa shape index (κ2) is 4.47. The molecule has 0 bridgehead atoms. The third-order valence-electron chi connectivity index (χ3n) is 1.59. The van der Waals surface area contributed by atoms with Crippen LogP contribution in [0.5, 0.6) is 0 Å². The number of hydrogen-bond donors (Lipinski definition) is 1. The minimum absolute atomic E-state index is 0.785. The van der Waals surface area contributed by atoms with Crippen molar-refractivity contribution in [2.24, 2.45) is 0 Å². The first-order valence-corrected chi connectivity index (χ1v) is 5.84. The van der Waals surface area contributed by atoms with E-state index in [1.54, 1.807) is 0 Å². The zero-order chi connectivity index (χ0) is 6.53. The molecular weight excluding hydrogens is 150 g/mol. The molecule has 54 valence electrons. The Kier molecular flexibility index (Phi) is 3.86. The third-order valence-corrected chi connectivity index (χ3v) is 4.06. The van der Waals surface area contributed by atoms with Crippen LogP contribution in [0.4, 0.5) is 0 Å². The molecule has 1 fully saturated rings. The van der Waals surface area contributed by atoms with Crippen LogP contribution < -0.4 is 5.32 Å². The van der Waals surface area contributed by atoms with E-state index in [4.69, 9.17) is 0 Å². The molecule has 1 aliphatic heterocycles. The second-order valence-corrected chi connectivity index (χ2v) is 4.91. The first kappa shape index (κ1) is 7.76. The van der Waals surface area contributed by atoms with Gasteiger partial charge in [0, 0.05) is 17.5 Å². The number of rotatable bonds is 1. The summed E-state index contributed by atoms with van der Waals surface area (Å²) in [6.07, 6.45) is 2.68. The summed E-state index contributed by atoms with van der Waals surface area (Å²) in [6, 6.07) is 0.785. The van der Waals surface area contributed by atoms with Crippen LogP contribution in [0.2, 0.25) is 0 Å². The van der Waals surface area contributed by atoms with Crippen LogP contribution in [0.1, 0.15) is 12.8 Å². The predicted octanol–water partition coefficient (Wildman–Crippen LogP) is 1.75. The Labute approximate surface area is 64.8 Å². The van der Waals surface area contributed by atoms with E-state index in [9.17, 15) is 0 Å². The summed E-state index contributed by atoms with van der Waals surface area (Å²) in [4.78, 5) is 0. The van der Waals surface area contributed by atoms with Crippen molar-refractivity contribution in [1.82, 2.24) is 5.32 Å². The van der Waals surface area contributed by atoms with Crippen LogP contribution in [0.25, 0.3) is 0 Å². The summed E-state index contributed by atoms with van der Waals surface area (Å²) in [5.74, 6) is 2.63. The Morgan fingerprint density at radius 2 is 1.78 bits per heavy atom. The molecule has 1 saturated heterocycles. The first-order valence-electron chi connectivity index (χ1n) is 3.35. The van der Waals surface area contributed by atoms with E-state index in [0.29, 0.717) is 0 Å². The van der Waals surface area contributed by atoms with Gasteiger partial charge in [-0.15, -0.1) is 0 Å². The zero-order valence-corrected chi connectivity index (χ0v) is 7.36. The lowest BCUT2D eigenvalue weighted by atomic mass is 10.2. The van der Waals surface area contributed by atoms with Crippen molar-refractivity contribution >= 4 is 21.6 Å². The molecular formula is C6H13NS2. The standard InChI is InChI=1S/C6H13NS2/c1-7-6-2-4-8-9-5-3-6/h6-7H,2-5H2,1H3. The van der Waals surface area contributed by atoms with Gasteiger partial charge in [0.25, 0.3) is 0 Å². The monoisotopic (exact) mass is 163 g/mol. The van der Waals surface area contributed by atoms with Gasteiger partial charge in [-0.2, -0.15) is 0 Å². The molecule has 3 heteroatoms. The fourth-order valence-corrected chi connectivity index (χ4v) is 3.21. The molecule has 0 aromatic rings. The summed E-state index contributed by atoms with van der Waals surface area (Å²) in [5, 5.41) is 3.32. The quantitative estimate of drug-likeness (QED) is 0.591. The average molecular weight is 163 g/mol. The van der Waals surface area contributed by atoms with Gasteiger partial charge in [0.05, 0.1) is 0 Å². The first-order chi connectivity index (χ1) is 4.43. The Morgan fingerprint density at radius 1 is 1.22 bits per heavy atom. The van der Waals surface area contributed by atoms with E-state index in [2.05, 4.69) is 12.4 Å². The van der Waals surface area contributed by atoms with Gasteiger partial charge in [0.15, 0.2) is 0 Å². The summed E-state index contributed by atoms with van der Waals surface area (Å²) in [5.41, 5.74) is 0. The average Bonchev–Trinajstić information content (AvgIpc) is 2.13. The van der Waals surface area contributed by atoms with E-state index in [0.717, 1.165) is 6.04 Å². The van der Waals surface area contributed by atoms with Gasteiger partial charge in [-0.3, -0.25) is 0 Å². The van der Waals surface area contributed by atoms with Gasteiger partial charge < -0.3 is 5.32 Å². The summed E-state index contributed by atoms with van der Waals surface area (Å²) >= 11 is 0. The molecule has 0 aromatic heterocycles. The van der Waals surface area contributed by atoms with Gasteiger partial charge in [0.2, 0.25) is 0 Å². The number of hydrogen-bond acceptors (Lipinski definition) is 3. The maximum Gasteiger partial charge on any atom is 0.00803 e. The lowest BCUT2D eigenvalue weighted by Gasteiger charge is -2.09. The molecule has 0 spiro atoms. The van der Waals surface area contributed by atoms with E-state index in [-0.39, 0.29) is 0 Å². The maximum absolute atomic E-state index is 3.32. The van der Waals surface area contributed by atoms with Gasteiger partial charge >= 0.3 is 0 Å². The molecule has 1 aliphatic rings. The molecule has 0 amide bonds. The third kappa shape index (κ3) is 2.83. The van der Waals surface area contributed by atoms with Gasteiger partial charge in [-0.25, -0.2) is 0 Å². The Hall–Kier alpha value is 0.660. The van der Waals surface area contributed by atoms with Crippen molar-refractivity contribution in [2.75, 3.05) is 18.6 Å². The topological polar surface area (TPSA) is 12.0 Å². The van der Waals surface area contributed by atoms with Crippen LogP contribution in [0.3, 0.4) is 0 Å². The fourth-order valence-electron chi connectivity index (χ4n) is 0.932. The Bertz CT molecular complexity index is 69.5. The molecule has 0 aliphatic carbocycles. The van der Waals surface area contributed by atoms with Crippen LogP contribution in [-0.2, 0) is 0 Å². The van der Waals surface area contributed by atoms with Crippen LogP contribution >= 0.6 is 21.6 Å². The van der Waals surface area contributed by atoms with E-state index >= 15 is 0 Å². The molecule has 0 radical (unpaired) electrons. The lowest BCUT2D eigenvalue weighted by Crippen LogP contribution is -2.25. The van der Waals surface area contributed by atoms with E-state index in [1.807, 2.05) is 21.6 Å². The highest BCUT2D eigenvalue weighted by molar-refractivity contribution is 8.76. The summed E-state index contributed by atoms with van der Waals surface area (Å²) < 4.78 is 0. The molecule has 0 aromatic carbocycles. The number of nitrogens with one attached hydrogen (secondary N) is 1. The molecule has 0 unspecified atom stereocenters. The molecule has 0 saturated carbocycles. The maximum atomic E-state index is 3.32. The van der Waals surface area contributed by atoms with Crippen molar-refractivity contribution in [1.29, 1.82) is 0 Å². The normalized spacial score (nSPS) is 23.7. The van der Waals surface area contributed by atoms with Crippen molar-refractivity contribution in [3.63, 3.8) is 0 Å². The molecule has 1 rings (SSSR count). The predicted molar refractivity (Wildman–Crippen MR) is 47.0 cm³/mol. The van der Waals surface area contributed by atoms with Crippen molar-refractivity contribution in [2.45, 2.75) is 18.9 Å². The van der Waals surface area contributed by atoms with Crippen molar-refractivity contribution < 1.29 is 0 Å². The lowest BCUT2D eigenvalue weighted by molar-refractivity contribution is 0.540. The van der Waals surface area contributed by atoms with E-state index < -0.39 is 0 Å². The van der Waals surface area contributed by atoms with Gasteiger partial charge in [-0.1, -0.05) is 21.6 Å². The highest BCUT2D eigenvalue weighted by Crippen LogP contribution is 2.27. The summed E-state index contributed by atoms with van der Waals surface area (Å²) in [6.45, 7) is 0. The van der Waals surface area contributed by atoms with Crippen molar-refractivity contribution in [3.8, 4) is 0 Å². The zero-order valence-electron chi connectivity index (χ0n) is 5.72. The Balaban J connectivity index is 2.18. The Morgan fingerprint density at radius 3 is 2.22 bits per heavy atom. The minimum atomic E-state index is 0.785. The molecule has 1 heterocycles. The minimum Gasteiger partial charge on any atom is -0.317 e. The molecule has 1 nitrogen and oxygen atoms in total. The largest absolute Gasteiger partial charge is 0.317 e. The molecule has 0 atom stereocenters. The van der Waals surface area contributed by atoms with Gasteiger partial charge in [0.1, 0.15) is 0 Å². The van der Waals surface area contributed by atoms with Crippen LogP contribution in [0.15, 0.2) is 0 Å². The highest BCUT2D eigenvalue weighted by atomic mass is 33.1. The second-order valence-electron chi connectivity index (χ2n) is 2.21. The van der Waals surface area contributed by atoms with E-state index in [1.165, 1.54) is 24.3 Å². The fraction of sp³-hybridized carbons (Fsp3) is 1.00. The summed E-state index contributed by atoms with van der Waals surface area (Å²) in [7, 11) is 6.08.